The molecule has 23 nitrogen and oxygen atoms in total. The number of imide groups is 4. The summed E-state index contributed by atoms with van der Waals surface area (Å²) in [7, 11) is 0. The van der Waals surface area contributed by atoms with Gasteiger partial charge >= 0.3 is 36.2 Å². The van der Waals surface area contributed by atoms with Gasteiger partial charge in [-0.15, -0.1) is 4.48 Å². The number of rotatable bonds is 22. The van der Waals surface area contributed by atoms with Crippen LogP contribution in [0, 0.1) is 0 Å². The lowest BCUT2D eigenvalue weighted by Gasteiger charge is -2.41. The van der Waals surface area contributed by atoms with Crippen molar-refractivity contribution in [3.63, 3.8) is 0 Å². The molecule has 0 radical (unpaired) electrons. The monoisotopic (exact) mass is 1040 g/mol. The molecule has 420 valence electrons. The Morgan fingerprint density at radius 3 is 1.25 bits per heavy atom. The normalized spacial score (nSPS) is 18.1. The Bertz CT molecular complexity index is 1910. The van der Waals surface area contributed by atoms with Crippen LogP contribution in [0.25, 0.3) is 0 Å². The second-order valence-electron chi connectivity index (χ2n) is 23.4. The first-order valence-corrected chi connectivity index (χ1v) is 25.4. The van der Waals surface area contributed by atoms with Gasteiger partial charge < -0.3 is 51.7 Å². The molecule has 1 aliphatic rings. The average molecular weight is 1040 g/mol. The first kappa shape index (κ1) is 66.2. The van der Waals surface area contributed by atoms with Crippen molar-refractivity contribution in [1.82, 2.24) is 14.7 Å². The Balaban J connectivity index is 4.66. The van der Waals surface area contributed by atoms with Crippen LogP contribution >= 0.6 is 0 Å². The standard InChI is InChI=1S/C50H90N8O15/c1-46(2,3)69-31-32(54)40(62)58(45(68)73-50(13,14)15)30-22-26-36(58)39(61)56(43(66)71-48(7,8)9)34(24-17-20-28-52)37(59)55(42(65)70-47(4,5)6)33(23-16-19-27-51)38(60)57(44(67)72-49(10,11)12)35(41(63)64)25-18-21-29-53/h32-36H,16-31,51-54H2,1-15H3/p+1/t32-,33-,34-,35-,36-,58?/m0/s1. The van der Waals surface area contributed by atoms with E-state index < -0.39 is 130 Å². The molecule has 9 N–H and O–H groups in total. The van der Waals surface area contributed by atoms with Crippen LogP contribution in [-0.2, 0) is 47.7 Å². The highest BCUT2D eigenvalue weighted by molar-refractivity contribution is 6.08. The molecular formula is C50H91N8O15+. The van der Waals surface area contributed by atoms with E-state index in [1.54, 1.807) is 41.5 Å². The Hall–Kier alpha value is -4.81. The average Bonchev–Trinajstić information content (AvgIpc) is 3.67. The Morgan fingerprint density at radius 2 is 0.890 bits per heavy atom. The fourth-order valence-electron chi connectivity index (χ4n) is 7.91. The van der Waals surface area contributed by atoms with Crippen molar-refractivity contribution in [3.05, 3.63) is 0 Å². The number of carbonyl (C=O) groups excluding carboxylic acids is 8. The number of nitrogens with two attached hydrogens (primary N) is 4. The number of nitrogens with zero attached hydrogens (tertiary/aromatic N) is 4. The molecule has 23 heteroatoms. The van der Waals surface area contributed by atoms with E-state index in [0.29, 0.717) is 21.1 Å². The Labute approximate surface area is 432 Å². The summed E-state index contributed by atoms with van der Waals surface area (Å²) in [5.41, 5.74) is 18.0. The number of ether oxygens (including phenoxy) is 5. The molecule has 0 aromatic rings. The van der Waals surface area contributed by atoms with E-state index >= 15 is 14.4 Å². The summed E-state index contributed by atoms with van der Waals surface area (Å²) < 4.78 is 27.5. The smallest absolute Gasteiger partial charge is 0.480 e. The van der Waals surface area contributed by atoms with Crippen LogP contribution in [0.1, 0.15) is 174 Å². The van der Waals surface area contributed by atoms with Crippen molar-refractivity contribution >= 4 is 54.0 Å². The van der Waals surface area contributed by atoms with Crippen LogP contribution in [-0.4, -0.2) is 169 Å². The van der Waals surface area contributed by atoms with Gasteiger partial charge in [0.25, 0.3) is 17.7 Å². The summed E-state index contributed by atoms with van der Waals surface area (Å²) in [6.45, 7) is 22.8. The number of likely N-dealkylation sites (tertiary alicyclic amines) is 1. The molecule has 1 unspecified atom stereocenters. The number of amides is 8. The lowest BCUT2D eigenvalue weighted by molar-refractivity contribution is -0.787. The van der Waals surface area contributed by atoms with Gasteiger partial charge in [-0.1, -0.05) is 0 Å². The Kier molecular flexibility index (Phi) is 25.1. The largest absolute Gasteiger partial charge is 0.524 e. The minimum Gasteiger partial charge on any atom is -0.480 e. The minimum atomic E-state index is -2.09. The third kappa shape index (κ3) is 20.8. The predicted octanol–water partition coefficient (Wildman–Crippen LogP) is 5.44. The zero-order chi connectivity index (χ0) is 56.7. The minimum absolute atomic E-state index is 0.00434. The second-order valence-corrected chi connectivity index (χ2v) is 23.4. The van der Waals surface area contributed by atoms with E-state index in [1.807, 2.05) is 0 Å². The number of carboxylic acids is 1. The van der Waals surface area contributed by atoms with Crippen LogP contribution in [0.2, 0.25) is 0 Å². The molecule has 1 saturated heterocycles. The summed E-state index contributed by atoms with van der Waals surface area (Å²) in [6, 6.07) is -9.37. The molecule has 1 fully saturated rings. The number of quaternary nitrogens is 1. The van der Waals surface area contributed by atoms with Gasteiger partial charge in [-0.2, -0.15) is 4.79 Å². The van der Waals surface area contributed by atoms with Crippen molar-refractivity contribution in [2.45, 2.75) is 233 Å². The molecule has 1 heterocycles. The summed E-state index contributed by atoms with van der Waals surface area (Å²) in [5.74, 6) is -6.62. The van der Waals surface area contributed by atoms with Crippen molar-refractivity contribution in [2.24, 2.45) is 22.9 Å². The molecule has 0 aromatic carbocycles. The van der Waals surface area contributed by atoms with Gasteiger partial charge in [0.15, 0.2) is 6.04 Å². The number of hydrogen-bond acceptors (Lipinski definition) is 18. The molecule has 0 spiro atoms. The lowest BCUT2D eigenvalue weighted by atomic mass is 9.99. The van der Waals surface area contributed by atoms with Gasteiger partial charge in [-0.25, -0.2) is 38.7 Å². The highest BCUT2D eigenvalue weighted by Crippen LogP contribution is 2.35. The summed E-state index contributed by atoms with van der Waals surface area (Å²) >= 11 is 0. The zero-order valence-corrected chi connectivity index (χ0v) is 46.5. The predicted molar refractivity (Wildman–Crippen MR) is 270 cm³/mol. The van der Waals surface area contributed by atoms with Crippen LogP contribution in [0.4, 0.5) is 19.2 Å². The zero-order valence-electron chi connectivity index (χ0n) is 46.5. The van der Waals surface area contributed by atoms with Crippen LogP contribution in [0.15, 0.2) is 0 Å². The van der Waals surface area contributed by atoms with Crippen molar-refractivity contribution in [1.29, 1.82) is 0 Å². The van der Waals surface area contributed by atoms with E-state index in [4.69, 9.17) is 46.6 Å². The van der Waals surface area contributed by atoms with Crippen molar-refractivity contribution < 1.29 is 76.4 Å². The highest BCUT2D eigenvalue weighted by Gasteiger charge is 2.63. The van der Waals surface area contributed by atoms with Gasteiger partial charge in [-0.05, 0) is 181 Å². The number of carboxylic acid groups (broad SMARTS) is 1. The maximum atomic E-state index is 16.0. The molecule has 8 amide bonds. The molecule has 0 aliphatic carbocycles. The maximum absolute atomic E-state index is 16.0. The molecule has 73 heavy (non-hydrogen) atoms. The first-order chi connectivity index (χ1) is 33.3. The topological polar surface area (TPSA) is 334 Å². The Morgan fingerprint density at radius 1 is 0.534 bits per heavy atom. The fraction of sp³-hybridized carbons (Fsp3) is 0.820. The van der Waals surface area contributed by atoms with E-state index in [1.165, 1.54) is 62.3 Å². The molecule has 1 aliphatic heterocycles. The molecule has 0 bridgehead atoms. The van der Waals surface area contributed by atoms with E-state index in [-0.39, 0.29) is 84.2 Å². The quantitative estimate of drug-likeness (QED) is 0.0512. The second kappa shape index (κ2) is 27.6. The number of hydrogen-bond donors (Lipinski definition) is 5. The van der Waals surface area contributed by atoms with Crippen molar-refractivity contribution in [2.75, 3.05) is 32.8 Å². The van der Waals surface area contributed by atoms with Gasteiger partial charge in [0.1, 0.15) is 46.6 Å². The SMILES string of the molecule is CC(C)(C)OC[C@H](N)C(=O)[N+]1(C(=O)OC(C)(C)C)CCC[C@H]1C(=O)N(C(=O)OC(C)(C)C)[C@@H](CCCCN)C(=O)N(C(=O)OC(C)(C)C)[C@@H](CCCCN)C(=O)N(C(=O)OC(C)(C)C)[C@@H](CCCCN)C(=O)O. The van der Waals surface area contributed by atoms with Gasteiger partial charge in [0.2, 0.25) is 0 Å². The third-order valence-corrected chi connectivity index (χ3v) is 11.0. The van der Waals surface area contributed by atoms with Crippen LogP contribution in [0.5, 0.6) is 0 Å². The molecular weight excluding hydrogens is 953 g/mol. The molecule has 6 atom stereocenters. The summed E-state index contributed by atoms with van der Waals surface area (Å²) in [4.78, 5) is 135. The van der Waals surface area contributed by atoms with E-state index in [0.717, 1.165) is 0 Å². The first-order valence-electron chi connectivity index (χ1n) is 25.4. The van der Waals surface area contributed by atoms with E-state index in [2.05, 4.69) is 0 Å². The number of aliphatic carboxylic acids is 1. The third-order valence-electron chi connectivity index (χ3n) is 11.0. The van der Waals surface area contributed by atoms with E-state index in [9.17, 15) is 33.9 Å². The van der Waals surface area contributed by atoms with Crippen molar-refractivity contribution in [3.8, 4) is 0 Å². The lowest BCUT2D eigenvalue weighted by Crippen LogP contribution is -2.70. The fourth-order valence-corrected chi connectivity index (χ4v) is 7.91. The number of carbonyl (C=O) groups is 9. The van der Waals surface area contributed by atoms with Crippen LogP contribution < -0.4 is 22.9 Å². The summed E-state index contributed by atoms with van der Waals surface area (Å²) in [5, 5.41) is 10.6. The molecule has 1 rings (SSSR count). The highest BCUT2D eigenvalue weighted by atomic mass is 16.6. The number of unbranched alkanes of at least 4 members (excludes halogenated alkanes) is 3. The molecule has 0 aromatic heterocycles. The summed E-state index contributed by atoms with van der Waals surface area (Å²) in [6.07, 6.45) is -5.98. The van der Waals surface area contributed by atoms with Gasteiger partial charge in [0, 0.05) is 12.8 Å². The van der Waals surface area contributed by atoms with Crippen LogP contribution in [0.3, 0.4) is 0 Å². The molecule has 0 saturated carbocycles. The van der Waals surface area contributed by atoms with Gasteiger partial charge in [0.05, 0.1) is 18.8 Å². The van der Waals surface area contributed by atoms with Gasteiger partial charge in [-0.3, -0.25) is 14.4 Å². The maximum Gasteiger partial charge on any atom is 0.524 e.